The fourth-order valence-electron chi connectivity index (χ4n) is 2.66. The molecule has 0 saturated heterocycles. The molecule has 1 aliphatic carbocycles. The highest BCUT2D eigenvalue weighted by Crippen LogP contribution is 2.62. The van der Waals surface area contributed by atoms with Crippen molar-refractivity contribution >= 4 is 10.0 Å². The quantitative estimate of drug-likeness (QED) is 0.897. The number of hydrogen-bond donors (Lipinski definition) is 2. The van der Waals surface area contributed by atoms with E-state index in [4.69, 9.17) is 0 Å². The third-order valence-electron chi connectivity index (χ3n) is 4.94. The molecule has 1 atom stereocenters. The summed E-state index contributed by atoms with van der Waals surface area (Å²) in [4.78, 5) is 0.203. The lowest BCUT2D eigenvalue weighted by atomic mass is 10.0. The van der Waals surface area contributed by atoms with Gasteiger partial charge in [-0.2, -0.15) is 0 Å². The largest absolute Gasteiger partial charge is 0.389 e. The van der Waals surface area contributed by atoms with E-state index in [0.29, 0.717) is 5.56 Å². The SMILES string of the molecule is CC(O)c1cccc(S(=O)(=O)NC2C(C)(C)C2(C)C)c1. The summed E-state index contributed by atoms with van der Waals surface area (Å²) in [6.45, 7) is 9.86. The first-order valence-corrected chi connectivity index (χ1v) is 8.29. The molecule has 2 N–H and O–H groups in total. The maximum atomic E-state index is 12.4. The van der Waals surface area contributed by atoms with Crippen LogP contribution in [0.2, 0.25) is 0 Å². The van der Waals surface area contributed by atoms with Gasteiger partial charge in [-0.15, -0.1) is 0 Å². The number of nitrogens with one attached hydrogen (secondary N) is 1. The van der Waals surface area contributed by atoms with Gasteiger partial charge in [-0.3, -0.25) is 0 Å². The minimum Gasteiger partial charge on any atom is -0.389 e. The normalized spacial score (nSPS) is 22.5. The summed E-state index contributed by atoms with van der Waals surface area (Å²) in [5.41, 5.74) is 0.492. The molecular formula is C15H23NO3S. The van der Waals surface area contributed by atoms with Crippen molar-refractivity contribution in [1.82, 2.24) is 4.72 Å². The van der Waals surface area contributed by atoms with Crippen molar-refractivity contribution in [2.45, 2.75) is 51.7 Å². The third kappa shape index (κ3) is 2.38. The van der Waals surface area contributed by atoms with Crippen LogP contribution < -0.4 is 4.72 Å². The van der Waals surface area contributed by atoms with E-state index in [2.05, 4.69) is 32.4 Å². The summed E-state index contributed by atoms with van der Waals surface area (Å²) in [6, 6.07) is 6.37. The monoisotopic (exact) mass is 297 g/mol. The molecule has 1 unspecified atom stereocenters. The number of aliphatic hydroxyl groups is 1. The van der Waals surface area contributed by atoms with E-state index in [1.165, 1.54) is 6.07 Å². The Labute approximate surface area is 121 Å². The number of sulfonamides is 1. The Morgan fingerprint density at radius 3 is 2.20 bits per heavy atom. The average Bonchev–Trinajstić information content (AvgIpc) is 2.71. The molecule has 5 heteroatoms. The molecule has 0 spiro atoms. The van der Waals surface area contributed by atoms with Gasteiger partial charge in [0, 0.05) is 6.04 Å². The summed E-state index contributed by atoms with van der Waals surface area (Å²) >= 11 is 0. The molecule has 20 heavy (non-hydrogen) atoms. The molecule has 0 aliphatic heterocycles. The summed E-state index contributed by atoms with van der Waals surface area (Å²) in [5.74, 6) is 0. The molecule has 0 bridgehead atoms. The first-order chi connectivity index (χ1) is 9.00. The molecule has 4 nitrogen and oxygen atoms in total. The smallest absolute Gasteiger partial charge is 0.240 e. The Balaban J connectivity index is 2.27. The fourth-order valence-corrected chi connectivity index (χ4v) is 4.24. The van der Waals surface area contributed by atoms with Crippen LogP contribution >= 0.6 is 0 Å². The molecule has 0 amide bonds. The van der Waals surface area contributed by atoms with Crippen molar-refractivity contribution in [1.29, 1.82) is 0 Å². The lowest BCUT2D eigenvalue weighted by Gasteiger charge is -2.11. The molecule has 0 radical (unpaired) electrons. The minimum atomic E-state index is -3.56. The Morgan fingerprint density at radius 1 is 1.20 bits per heavy atom. The Bertz CT molecular complexity index is 604. The van der Waals surface area contributed by atoms with E-state index in [0.717, 1.165) is 0 Å². The van der Waals surface area contributed by atoms with Crippen LogP contribution in [0.25, 0.3) is 0 Å². The van der Waals surface area contributed by atoms with Crippen molar-refractivity contribution in [2.24, 2.45) is 10.8 Å². The van der Waals surface area contributed by atoms with Gasteiger partial charge in [0.25, 0.3) is 0 Å². The van der Waals surface area contributed by atoms with Crippen LogP contribution in [-0.2, 0) is 10.0 Å². The zero-order chi connectivity index (χ0) is 15.3. The van der Waals surface area contributed by atoms with E-state index in [9.17, 15) is 13.5 Å². The van der Waals surface area contributed by atoms with Crippen LogP contribution in [0.15, 0.2) is 29.2 Å². The van der Waals surface area contributed by atoms with Gasteiger partial charge in [0.2, 0.25) is 10.0 Å². The van der Waals surface area contributed by atoms with E-state index in [-0.39, 0.29) is 21.8 Å². The van der Waals surface area contributed by atoms with Crippen LogP contribution in [-0.4, -0.2) is 19.6 Å². The standard InChI is InChI=1S/C15H23NO3S/c1-10(17)11-7-6-8-12(9-11)20(18,19)16-13-14(2,3)15(13,4)5/h6-10,13,16-17H,1-5H3. The minimum absolute atomic E-state index is 0.0536. The number of hydrogen-bond acceptors (Lipinski definition) is 3. The van der Waals surface area contributed by atoms with Gasteiger partial charge < -0.3 is 5.11 Å². The highest BCUT2D eigenvalue weighted by Gasteiger charge is 2.66. The van der Waals surface area contributed by atoms with E-state index >= 15 is 0 Å². The zero-order valence-corrected chi connectivity index (χ0v) is 13.5. The van der Waals surface area contributed by atoms with Gasteiger partial charge in [0.05, 0.1) is 11.0 Å². The average molecular weight is 297 g/mol. The van der Waals surface area contributed by atoms with Crippen LogP contribution in [0.3, 0.4) is 0 Å². The molecule has 1 fully saturated rings. The Kier molecular flexibility index (Phi) is 3.52. The summed E-state index contributed by atoms with van der Waals surface area (Å²) in [6.07, 6.45) is -0.682. The van der Waals surface area contributed by atoms with Gasteiger partial charge >= 0.3 is 0 Å². The summed E-state index contributed by atoms with van der Waals surface area (Å²) in [5, 5.41) is 9.56. The third-order valence-corrected chi connectivity index (χ3v) is 6.37. The number of benzene rings is 1. The molecule has 1 aliphatic rings. The summed E-state index contributed by atoms with van der Waals surface area (Å²) in [7, 11) is -3.56. The van der Waals surface area contributed by atoms with Crippen molar-refractivity contribution in [2.75, 3.05) is 0 Å². The molecule has 1 aromatic carbocycles. The zero-order valence-electron chi connectivity index (χ0n) is 12.6. The topological polar surface area (TPSA) is 66.4 Å². The van der Waals surface area contributed by atoms with Gasteiger partial charge in [-0.05, 0) is 35.4 Å². The van der Waals surface area contributed by atoms with Crippen LogP contribution in [0.1, 0.15) is 46.3 Å². The molecule has 1 aromatic rings. The predicted octanol–water partition coefficient (Wildman–Crippen LogP) is 2.45. The van der Waals surface area contributed by atoms with E-state index in [1.807, 2.05) is 0 Å². The van der Waals surface area contributed by atoms with Crippen molar-refractivity contribution in [3.05, 3.63) is 29.8 Å². The maximum absolute atomic E-state index is 12.4. The van der Waals surface area contributed by atoms with Crippen LogP contribution in [0, 0.1) is 10.8 Å². The first-order valence-electron chi connectivity index (χ1n) is 6.80. The molecule has 112 valence electrons. The lowest BCUT2D eigenvalue weighted by molar-refractivity contribution is 0.199. The highest BCUT2D eigenvalue weighted by atomic mass is 32.2. The van der Waals surface area contributed by atoms with Gasteiger partial charge in [0.1, 0.15) is 0 Å². The number of aliphatic hydroxyl groups excluding tert-OH is 1. The molecule has 0 heterocycles. The maximum Gasteiger partial charge on any atom is 0.240 e. The lowest BCUT2D eigenvalue weighted by Crippen LogP contribution is -2.30. The summed E-state index contributed by atoms with van der Waals surface area (Å²) < 4.78 is 27.7. The van der Waals surface area contributed by atoms with Crippen LogP contribution in [0.5, 0.6) is 0 Å². The van der Waals surface area contributed by atoms with Crippen LogP contribution in [0.4, 0.5) is 0 Å². The molecule has 2 rings (SSSR count). The van der Waals surface area contributed by atoms with Gasteiger partial charge in [-0.25, -0.2) is 13.1 Å². The molecule has 0 aromatic heterocycles. The predicted molar refractivity (Wildman–Crippen MR) is 78.7 cm³/mol. The molecular weight excluding hydrogens is 274 g/mol. The van der Waals surface area contributed by atoms with Gasteiger partial charge in [-0.1, -0.05) is 39.8 Å². The second-order valence-electron chi connectivity index (χ2n) is 6.75. The Morgan fingerprint density at radius 2 is 1.75 bits per heavy atom. The van der Waals surface area contributed by atoms with Crippen molar-refractivity contribution in [3.8, 4) is 0 Å². The van der Waals surface area contributed by atoms with Crippen molar-refractivity contribution < 1.29 is 13.5 Å². The Hall–Kier alpha value is -0.910. The fraction of sp³-hybridized carbons (Fsp3) is 0.600. The van der Waals surface area contributed by atoms with Gasteiger partial charge in [0.15, 0.2) is 0 Å². The van der Waals surface area contributed by atoms with Crippen molar-refractivity contribution in [3.63, 3.8) is 0 Å². The van der Waals surface area contributed by atoms with E-state index in [1.54, 1.807) is 25.1 Å². The molecule has 1 saturated carbocycles. The highest BCUT2D eigenvalue weighted by molar-refractivity contribution is 7.89. The number of rotatable bonds is 4. The second-order valence-corrected chi connectivity index (χ2v) is 8.46. The van der Waals surface area contributed by atoms with E-state index < -0.39 is 16.1 Å². The first kappa shape index (κ1) is 15.5. The second kappa shape index (κ2) is 4.55.